The summed E-state index contributed by atoms with van der Waals surface area (Å²) in [5.41, 5.74) is 0. The Hall–Kier alpha value is -1.07. The lowest BCUT2D eigenvalue weighted by Crippen LogP contribution is -2.41. The molecule has 0 saturated carbocycles. The number of carbonyl (C=O) groups excluding carboxylic acids is 1. The van der Waals surface area contributed by atoms with Crippen molar-refractivity contribution in [1.82, 2.24) is 4.90 Å². The highest BCUT2D eigenvalue weighted by Crippen LogP contribution is 2.16. The molecule has 1 aliphatic heterocycles. The second kappa shape index (κ2) is 6.75. The maximum Gasteiger partial charge on any atom is 0.226 e. The summed E-state index contributed by atoms with van der Waals surface area (Å²) in [4.78, 5) is 13.7. The first kappa shape index (κ1) is 13.4. The lowest BCUT2D eigenvalue weighted by Gasteiger charge is -2.26. The van der Waals surface area contributed by atoms with Gasteiger partial charge in [-0.1, -0.05) is 15.9 Å². The Balaban J connectivity index is 1.71. The minimum Gasteiger partial charge on any atom is -0.493 e. The molecule has 0 unspecified atom stereocenters. The number of ether oxygens (including phenoxy) is 2. The van der Waals surface area contributed by atoms with Gasteiger partial charge in [0, 0.05) is 17.6 Å². The number of hydrogen-bond acceptors (Lipinski definition) is 3. The van der Waals surface area contributed by atoms with Gasteiger partial charge >= 0.3 is 0 Å². The third-order valence-corrected chi connectivity index (χ3v) is 3.29. The Bertz CT molecular complexity index is 388. The van der Waals surface area contributed by atoms with Crippen molar-refractivity contribution in [3.05, 3.63) is 28.7 Å². The summed E-state index contributed by atoms with van der Waals surface area (Å²) in [5, 5.41) is 0. The third kappa shape index (κ3) is 3.99. The van der Waals surface area contributed by atoms with E-state index in [-0.39, 0.29) is 5.91 Å². The molecule has 0 spiro atoms. The van der Waals surface area contributed by atoms with Crippen LogP contribution < -0.4 is 4.74 Å². The molecule has 1 fully saturated rings. The first-order valence-electron chi connectivity index (χ1n) is 5.99. The lowest BCUT2D eigenvalue weighted by atomic mass is 10.3. The molecule has 2 rings (SSSR count). The Kier molecular flexibility index (Phi) is 5.01. The molecule has 1 aromatic carbocycles. The van der Waals surface area contributed by atoms with Gasteiger partial charge in [-0.25, -0.2) is 0 Å². The second-order valence-electron chi connectivity index (χ2n) is 4.05. The molecule has 5 heteroatoms. The molecule has 98 valence electrons. The fraction of sp³-hybridized carbons (Fsp3) is 0.462. The van der Waals surface area contributed by atoms with Gasteiger partial charge in [-0.15, -0.1) is 0 Å². The van der Waals surface area contributed by atoms with Crippen molar-refractivity contribution in [3.63, 3.8) is 0 Å². The molecule has 0 aromatic heterocycles. The van der Waals surface area contributed by atoms with Gasteiger partial charge < -0.3 is 14.4 Å². The van der Waals surface area contributed by atoms with Crippen molar-refractivity contribution in [2.45, 2.75) is 6.42 Å². The van der Waals surface area contributed by atoms with E-state index in [9.17, 15) is 4.79 Å². The molecule has 4 nitrogen and oxygen atoms in total. The van der Waals surface area contributed by atoms with Gasteiger partial charge in [0.05, 0.1) is 26.2 Å². The fourth-order valence-electron chi connectivity index (χ4n) is 1.76. The molecule has 1 heterocycles. The van der Waals surface area contributed by atoms with E-state index in [0.717, 1.165) is 10.2 Å². The number of benzene rings is 1. The van der Waals surface area contributed by atoms with Crippen LogP contribution >= 0.6 is 15.9 Å². The molecule has 0 N–H and O–H groups in total. The van der Waals surface area contributed by atoms with E-state index < -0.39 is 0 Å². The predicted molar refractivity (Wildman–Crippen MR) is 71.7 cm³/mol. The SMILES string of the molecule is O=C(CCOc1ccc(Br)cc1)N1CCOCC1. The van der Waals surface area contributed by atoms with Gasteiger partial charge in [-0.2, -0.15) is 0 Å². The smallest absolute Gasteiger partial charge is 0.226 e. The first-order chi connectivity index (χ1) is 8.75. The topological polar surface area (TPSA) is 38.8 Å². The summed E-state index contributed by atoms with van der Waals surface area (Å²) in [5.74, 6) is 0.920. The highest BCUT2D eigenvalue weighted by molar-refractivity contribution is 9.10. The van der Waals surface area contributed by atoms with Crippen molar-refractivity contribution >= 4 is 21.8 Å². The van der Waals surface area contributed by atoms with Gasteiger partial charge in [-0.05, 0) is 24.3 Å². The molecule has 1 saturated heterocycles. The van der Waals surface area contributed by atoms with Crippen LogP contribution in [0.25, 0.3) is 0 Å². The van der Waals surface area contributed by atoms with Crippen LogP contribution in [0.3, 0.4) is 0 Å². The minimum atomic E-state index is 0.135. The number of hydrogen-bond donors (Lipinski definition) is 0. The molecule has 0 bridgehead atoms. The van der Waals surface area contributed by atoms with Gasteiger partial charge in [0.15, 0.2) is 0 Å². The van der Waals surface area contributed by atoms with E-state index in [4.69, 9.17) is 9.47 Å². The van der Waals surface area contributed by atoms with Crippen LogP contribution in [0.4, 0.5) is 0 Å². The summed E-state index contributed by atoms with van der Waals surface area (Å²) < 4.78 is 11.7. The highest BCUT2D eigenvalue weighted by atomic mass is 79.9. The Morgan fingerprint density at radius 1 is 1.28 bits per heavy atom. The van der Waals surface area contributed by atoms with E-state index in [2.05, 4.69) is 15.9 Å². The maximum absolute atomic E-state index is 11.8. The van der Waals surface area contributed by atoms with Crippen molar-refractivity contribution in [2.24, 2.45) is 0 Å². The maximum atomic E-state index is 11.8. The summed E-state index contributed by atoms with van der Waals surface area (Å²) in [7, 11) is 0. The monoisotopic (exact) mass is 313 g/mol. The quantitative estimate of drug-likeness (QED) is 0.854. The Morgan fingerprint density at radius 3 is 2.61 bits per heavy atom. The summed E-state index contributed by atoms with van der Waals surface area (Å²) in [6, 6.07) is 7.59. The van der Waals surface area contributed by atoms with Crippen LogP contribution in [0.15, 0.2) is 28.7 Å². The summed E-state index contributed by atoms with van der Waals surface area (Å²) >= 11 is 3.36. The second-order valence-corrected chi connectivity index (χ2v) is 4.96. The van der Waals surface area contributed by atoms with Crippen LogP contribution in [0.2, 0.25) is 0 Å². The molecular weight excluding hydrogens is 298 g/mol. The zero-order chi connectivity index (χ0) is 12.8. The van der Waals surface area contributed by atoms with E-state index >= 15 is 0 Å². The zero-order valence-electron chi connectivity index (χ0n) is 10.1. The number of nitrogens with zero attached hydrogens (tertiary/aromatic N) is 1. The van der Waals surface area contributed by atoms with Crippen molar-refractivity contribution in [3.8, 4) is 5.75 Å². The van der Waals surface area contributed by atoms with E-state index in [0.29, 0.717) is 39.3 Å². The van der Waals surface area contributed by atoms with Crippen LogP contribution in [0.5, 0.6) is 5.75 Å². The van der Waals surface area contributed by atoms with Crippen LogP contribution in [-0.2, 0) is 9.53 Å². The van der Waals surface area contributed by atoms with Crippen molar-refractivity contribution in [1.29, 1.82) is 0 Å². The molecule has 1 amide bonds. The molecule has 18 heavy (non-hydrogen) atoms. The number of halogens is 1. The molecule has 0 radical (unpaired) electrons. The Morgan fingerprint density at radius 2 is 1.94 bits per heavy atom. The molecule has 1 aliphatic rings. The van der Waals surface area contributed by atoms with Gasteiger partial charge in [0.1, 0.15) is 5.75 Å². The molecule has 1 aromatic rings. The predicted octanol–water partition coefficient (Wildman–Crippen LogP) is 2.08. The average Bonchev–Trinajstić information content (AvgIpc) is 2.42. The third-order valence-electron chi connectivity index (χ3n) is 2.76. The first-order valence-corrected chi connectivity index (χ1v) is 6.79. The molecular formula is C13H16BrNO3. The zero-order valence-corrected chi connectivity index (χ0v) is 11.7. The van der Waals surface area contributed by atoms with Crippen molar-refractivity contribution < 1.29 is 14.3 Å². The van der Waals surface area contributed by atoms with Gasteiger partial charge in [0.25, 0.3) is 0 Å². The number of amides is 1. The van der Waals surface area contributed by atoms with Gasteiger partial charge in [0.2, 0.25) is 5.91 Å². The van der Waals surface area contributed by atoms with E-state index in [1.165, 1.54) is 0 Å². The number of rotatable bonds is 4. The van der Waals surface area contributed by atoms with Crippen molar-refractivity contribution in [2.75, 3.05) is 32.9 Å². The van der Waals surface area contributed by atoms with E-state index in [1.807, 2.05) is 29.2 Å². The average molecular weight is 314 g/mol. The van der Waals surface area contributed by atoms with Crippen LogP contribution in [0, 0.1) is 0 Å². The van der Waals surface area contributed by atoms with Crippen LogP contribution in [-0.4, -0.2) is 43.7 Å². The lowest BCUT2D eigenvalue weighted by molar-refractivity contribution is -0.135. The number of morpholine rings is 1. The van der Waals surface area contributed by atoms with E-state index in [1.54, 1.807) is 0 Å². The largest absolute Gasteiger partial charge is 0.493 e. The normalized spacial score (nSPS) is 15.5. The minimum absolute atomic E-state index is 0.135. The summed E-state index contributed by atoms with van der Waals surface area (Å²) in [6.45, 7) is 3.07. The fourth-order valence-corrected chi connectivity index (χ4v) is 2.02. The summed E-state index contributed by atoms with van der Waals surface area (Å²) in [6.07, 6.45) is 0.413. The number of carbonyl (C=O) groups is 1. The Labute approximate surface area is 115 Å². The standard InChI is InChI=1S/C13H16BrNO3/c14-11-1-3-12(4-2-11)18-8-5-13(16)15-6-9-17-10-7-15/h1-4H,5-10H2. The highest BCUT2D eigenvalue weighted by Gasteiger charge is 2.16. The molecule has 0 aliphatic carbocycles. The molecule has 0 atom stereocenters. The van der Waals surface area contributed by atoms with Crippen LogP contribution in [0.1, 0.15) is 6.42 Å². The van der Waals surface area contributed by atoms with Gasteiger partial charge in [-0.3, -0.25) is 4.79 Å².